The number of carbonyl (C=O) groups excluding carboxylic acids is 2. The highest BCUT2D eigenvalue weighted by Crippen LogP contribution is 2.39. The first-order chi connectivity index (χ1) is 13.5. The number of aromatic nitrogens is 1. The van der Waals surface area contributed by atoms with Gasteiger partial charge in [-0.15, -0.1) is 0 Å². The maximum Gasteiger partial charge on any atom is 0.274 e. The van der Waals surface area contributed by atoms with Crippen LogP contribution in [0.5, 0.6) is 17.2 Å². The summed E-state index contributed by atoms with van der Waals surface area (Å²) in [7, 11) is 6.00. The molecule has 0 aliphatic heterocycles. The molecule has 2 N–H and O–H groups in total. The van der Waals surface area contributed by atoms with Gasteiger partial charge in [0.25, 0.3) is 11.8 Å². The summed E-state index contributed by atoms with van der Waals surface area (Å²) in [5.41, 5.74) is 0.838. The van der Waals surface area contributed by atoms with E-state index in [-0.39, 0.29) is 11.6 Å². The molecule has 9 nitrogen and oxygen atoms in total. The van der Waals surface area contributed by atoms with Gasteiger partial charge in [-0.1, -0.05) is 0 Å². The number of nitrogens with one attached hydrogen (secondary N) is 2. The molecule has 0 saturated carbocycles. The fourth-order valence-electron chi connectivity index (χ4n) is 2.41. The Bertz CT molecular complexity index is 815. The highest BCUT2D eigenvalue weighted by Gasteiger charge is 2.16. The van der Waals surface area contributed by atoms with E-state index in [1.54, 1.807) is 19.2 Å². The third kappa shape index (κ3) is 5.10. The Balaban J connectivity index is 2.19. The molecule has 0 aliphatic rings. The van der Waals surface area contributed by atoms with Crippen molar-refractivity contribution in [2.45, 2.75) is 0 Å². The van der Waals surface area contributed by atoms with Gasteiger partial charge in [-0.3, -0.25) is 14.6 Å². The van der Waals surface area contributed by atoms with Crippen molar-refractivity contribution >= 4 is 17.5 Å². The molecule has 0 spiro atoms. The number of anilines is 1. The van der Waals surface area contributed by atoms with Gasteiger partial charge in [-0.25, -0.2) is 0 Å². The number of methoxy groups -OCH3 is 4. The second-order valence-corrected chi connectivity index (χ2v) is 5.55. The zero-order chi connectivity index (χ0) is 20.5. The minimum absolute atomic E-state index is 0.0909. The van der Waals surface area contributed by atoms with Crippen molar-refractivity contribution < 1.29 is 28.5 Å². The van der Waals surface area contributed by atoms with Gasteiger partial charge < -0.3 is 29.6 Å². The number of rotatable bonds is 9. The summed E-state index contributed by atoms with van der Waals surface area (Å²) in [6.45, 7) is 0.760. The van der Waals surface area contributed by atoms with Gasteiger partial charge in [0.2, 0.25) is 5.75 Å². The van der Waals surface area contributed by atoms with Crippen molar-refractivity contribution in [3.05, 3.63) is 41.7 Å². The quantitative estimate of drug-likeness (QED) is 0.629. The molecule has 1 aromatic carbocycles. The van der Waals surface area contributed by atoms with Gasteiger partial charge in [0.15, 0.2) is 11.5 Å². The molecular weight excluding hydrogens is 366 g/mol. The Kier molecular flexibility index (Phi) is 7.58. The monoisotopic (exact) mass is 389 g/mol. The van der Waals surface area contributed by atoms with E-state index in [0.717, 1.165) is 0 Å². The number of hydrogen-bond acceptors (Lipinski definition) is 7. The van der Waals surface area contributed by atoms with Crippen molar-refractivity contribution in [3.8, 4) is 17.2 Å². The van der Waals surface area contributed by atoms with Crippen LogP contribution in [0.4, 0.5) is 5.69 Å². The molecule has 150 valence electrons. The van der Waals surface area contributed by atoms with Crippen molar-refractivity contribution in [3.63, 3.8) is 0 Å². The molecular formula is C19H23N3O6. The fourth-order valence-corrected chi connectivity index (χ4v) is 2.41. The molecule has 1 aromatic heterocycles. The lowest BCUT2D eigenvalue weighted by Crippen LogP contribution is -2.27. The number of amides is 2. The lowest BCUT2D eigenvalue weighted by Gasteiger charge is -2.14. The molecule has 2 amide bonds. The molecule has 2 rings (SSSR count). The fraction of sp³-hybridized carbons (Fsp3) is 0.316. The highest BCUT2D eigenvalue weighted by atomic mass is 16.5. The standard InChI is InChI=1S/C19H23N3O6/c1-25-8-7-21-18(23)12-5-6-20-14(9-12)19(24)22-13-10-15(26-2)17(28-4)16(11-13)27-3/h5-6,9-11H,7-8H2,1-4H3,(H,21,23)(H,22,24). The molecule has 0 unspecified atom stereocenters. The van der Waals surface area contributed by atoms with Crippen molar-refractivity contribution in [2.75, 3.05) is 46.9 Å². The Morgan fingerprint density at radius 3 is 2.21 bits per heavy atom. The summed E-state index contributed by atoms with van der Waals surface area (Å²) in [6, 6.07) is 6.13. The van der Waals surface area contributed by atoms with Crippen LogP contribution in [0.1, 0.15) is 20.8 Å². The van der Waals surface area contributed by atoms with Crippen LogP contribution >= 0.6 is 0 Å². The van der Waals surface area contributed by atoms with E-state index < -0.39 is 5.91 Å². The predicted molar refractivity (Wildman–Crippen MR) is 102 cm³/mol. The van der Waals surface area contributed by atoms with Crippen molar-refractivity contribution in [1.29, 1.82) is 0 Å². The van der Waals surface area contributed by atoms with Crippen molar-refractivity contribution in [1.82, 2.24) is 10.3 Å². The molecule has 1 heterocycles. The van der Waals surface area contributed by atoms with Gasteiger partial charge in [-0.2, -0.15) is 0 Å². The molecule has 0 atom stereocenters. The number of pyridine rings is 1. The topological polar surface area (TPSA) is 108 Å². The minimum atomic E-state index is -0.485. The van der Waals surface area contributed by atoms with E-state index in [2.05, 4.69) is 15.6 Å². The van der Waals surface area contributed by atoms with Crippen molar-refractivity contribution in [2.24, 2.45) is 0 Å². The van der Waals surface area contributed by atoms with Crippen LogP contribution in [0.2, 0.25) is 0 Å². The predicted octanol–water partition coefficient (Wildman–Crippen LogP) is 1.74. The van der Waals surface area contributed by atoms with Gasteiger partial charge in [0.05, 0.1) is 27.9 Å². The zero-order valence-corrected chi connectivity index (χ0v) is 16.2. The molecule has 0 fully saturated rings. The normalized spacial score (nSPS) is 10.1. The van der Waals surface area contributed by atoms with Gasteiger partial charge in [0, 0.05) is 43.2 Å². The second kappa shape index (κ2) is 10.1. The van der Waals surface area contributed by atoms with Crippen LogP contribution in [-0.2, 0) is 4.74 Å². The first-order valence-electron chi connectivity index (χ1n) is 8.38. The van der Waals surface area contributed by atoms with Gasteiger partial charge in [0.1, 0.15) is 5.69 Å². The molecule has 0 aliphatic carbocycles. The largest absolute Gasteiger partial charge is 0.493 e. The van der Waals surface area contributed by atoms with Crippen LogP contribution in [0.15, 0.2) is 30.5 Å². The van der Waals surface area contributed by atoms with Crippen LogP contribution in [0.3, 0.4) is 0 Å². The summed E-state index contributed by atoms with van der Waals surface area (Å²) in [5, 5.41) is 5.40. The third-order valence-electron chi connectivity index (χ3n) is 3.77. The Hall–Kier alpha value is -3.33. The Labute approximate surface area is 163 Å². The first-order valence-corrected chi connectivity index (χ1v) is 8.38. The average Bonchev–Trinajstić information content (AvgIpc) is 2.73. The first kappa shape index (κ1) is 21.0. The zero-order valence-electron chi connectivity index (χ0n) is 16.2. The molecule has 0 radical (unpaired) electrons. The van der Waals surface area contributed by atoms with Gasteiger partial charge >= 0.3 is 0 Å². The number of ether oxygens (including phenoxy) is 4. The summed E-state index contributed by atoms with van der Waals surface area (Å²) in [4.78, 5) is 28.7. The molecule has 9 heteroatoms. The second-order valence-electron chi connectivity index (χ2n) is 5.55. The van der Waals surface area contributed by atoms with E-state index >= 15 is 0 Å². The Morgan fingerprint density at radius 1 is 0.964 bits per heavy atom. The van der Waals surface area contributed by atoms with Crippen LogP contribution < -0.4 is 24.8 Å². The van der Waals surface area contributed by atoms with Crippen LogP contribution in [0, 0.1) is 0 Å². The van der Waals surface area contributed by atoms with E-state index in [1.807, 2.05) is 0 Å². The van der Waals surface area contributed by atoms with E-state index in [1.165, 1.54) is 39.7 Å². The lowest BCUT2D eigenvalue weighted by molar-refractivity contribution is 0.0937. The number of benzene rings is 1. The van der Waals surface area contributed by atoms with E-state index in [0.29, 0.717) is 41.7 Å². The summed E-state index contributed by atoms with van der Waals surface area (Å²) in [6.07, 6.45) is 1.40. The lowest BCUT2D eigenvalue weighted by atomic mass is 10.2. The summed E-state index contributed by atoms with van der Waals surface area (Å²) >= 11 is 0. The number of carbonyl (C=O) groups is 2. The average molecular weight is 389 g/mol. The maximum absolute atomic E-state index is 12.6. The third-order valence-corrected chi connectivity index (χ3v) is 3.77. The van der Waals surface area contributed by atoms with Crippen LogP contribution in [0.25, 0.3) is 0 Å². The SMILES string of the molecule is COCCNC(=O)c1ccnc(C(=O)Nc2cc(OC)c(OC)c(OC)c2)c1. The highest BCUT2D eigenvalue weighted by molar-refractivity contribution is 6.05. The number of hydrogen-bond donors (Lipinski definition) is 2. The smallest absolute Gasteiger partial charge is 0.274 e. The summed E-state index contributed by atoms with van der Waals surface area (Å²) < 4.78 is 20.7. The maximum atomic E-state index is 12.6. The molecule has 0 saturated heterocycles. The van der Waals surface area contributed by atoms with E-state index in [9.17, 15) is 9.59 Å². The molecule has 28 heavy (non-hydrogen) atoms. The minimum Gasteiger partial charge on any atom is -0.493 e. The molecule has 0 bridgehead atoms. The summed E-state index contributed by atoms with van der Waals surface area (Å²) in [5.74, 6) is 0.408. The Morgan fingerprint density at radius 2 is 1.64 bits per heavy atom. The van der Waals surface area contributed by atoms with Crippen LogP contribution in [-0.4, -0.2) is 58.4 Å². The number of nitrogens with zero attached hydrogens (tertiary/aromatic N) is 1. The van der Waals surface area contributed by atoms with E-state index in [4.69, 9.17) is 18.9 Å². The molecule has 2 aromatic rings. The van der Waals surface area contributed by atoms with Gasteiger partial charge in [-0.05, 0) is 12.1 Å².